The van der Waals surface area contributed by atoms with E-state index in [0.29, 0.717) is 30.7 Å². The average molecular weight is 471 g/mol. The molecule has 10 nitrogen and oxygen atoms in total. The molecule has 0 radical (unpaired) electrons. The zero-order valence-electron chi connectivity index (χ0n) is 17.9. The molecule has 2 aromatic carbocycles. The Morgan fingerprint density at radius 3 is 2.22 bits per heavy atom. The van der Waals surface area contributed by atoms with E-state index < -0.39 is 13.9 Å². The Morgan fingerprint density at radius 1 is 1.06 bits per heavy atom. The predicted molar refractivity (Wildman–Crippen MR) is 117 cm³/mol. The van der Waals surface area contributed by atoms with Crippen molar-refractivity contribution >= 4 is 13.8 Å². The fourth-order valence-corrected chi connectivity index (χ4v) is 2.61. The maximum atomic E-state index is 11.9. The lowest BCUT2D eigenvalue weighted by Crippen LogP contribution is -2.30. The fourth-order valence-electron chi connectivity index (χ4n) is 2.61. The third kappa shape index (κ3) is 11.8. The number of carbonyl (C=O) groups excluding carboxylic acids is 1. The van der Waals surface area contributed by atoms with Gasteiger partial charge in [-0.15, -0.1) is 0 Å². The van der Waals surface area contributed by atoms with Crippen molar-refractivity contribution in [3.05, 3.63) is 59.2 Å². The van der Waals surface area contributed by atoms with Gasteiger partial charge in [-0.1, -0.05) is 23.8 Å². The van der Waals surface area contributed by atoms with Crippen LogP contribution in [0.2, 0.25) is 0 Å². The number of aryl methyl sites for hydroxylation is 1. The van der Waals surface area contributed by atoms with Crippen LogP contribution in [-0.2, 0) is 9.30 Å². The van der Waals surface area contributed by atoms with Crippen LogP contribution in [0.5, 0.6) is 11.5 Å². The number of hydrogen-bond acceptors (Lipinski definition) is 7. The second-order valence-electron chi connectivity index (χ2n) is 7.23. The highest BCUT2D eigenvalue weighted by molar-refractivity contribution is 7.45. The molecule has 0 fully saturated rings. The molecule has 32 heavy (non-hydrogen) atoms. The molecule has 0 aliphatic carbocycles. The first-order chi connectivity index (χ1) is 14.9. The summed E-state index contributed by atoms with van der Waals surface area (Å²) in [5, 5.41) is 32.1. The third-order valence-corrected chi connectivity index (χ3v) is 4.35. The van der Waals surface area contributed by atoms with Crippen LogP contribution in [0.15, 0.2) is 42.5 Å². The topological polar surface area (TPSA) is 177 Å². The molecule has 7 N–H and O–H groups in total. The highest BCUT2D eigenvalue weighted by Crippen LogP contribution is 2.27. The monoisotopic (exact) mass is 471 g/mol. The van der Waals surface area contributed by atoms with Gasteiger partial charge in [0, 0.05) is 12.6 Å². The molecule has 0 aliphatic rings. The SMILES string of the molecule is Cc1ccc(C(=O)OCCCC(C)NCC(O)c2ccc(O)c(O)c2)cc1.O=P(O)(O)O. The first-order valence-electron chi connectivity index (χ1n) is 9.82. The molecule has 0 heterocycles. The van der Waals surface area contributed by atoms with Crippen molar-refractivity contribution in [3.8, 4) is 11.5 Å². The Kier molecular flexibility index (Phi) is 11.3. The summed E-state index contributed by atoms with van der Waals surface area (Å²) in [6.07, 6.45) is 0.703. The predicted octanol–water partition coefficient (Wildman–Crippen LogP) is 2.13. The van der Waals surface area contributed by atoms with Gasteiger partial charge in [0.2, 0.25) is 0 Å². The Bertz CT molecular complexity index is 890. The number of hydrogen-bond donors (Lipinski definition) is 7. The summed E-state index contributed by atoms with van der Waals surface area (Å²) in [4.78, 5) is 33.5. The number of aliphatic hydroxyl groups excluding tert-OH is 1. The summed E-state index contributed by atoms with van der Waals surface area (Å²) in [6.45, 7) is 4.61. The molecule has 11 heteroatoms. The number of rotatable bonds is 9. The number of phenols is 2. The van der Waals surface area contributed by atoms with Gasteiger partial charge in [0.15, 0.2) is 11.5 Å². The molecule has 0 saturated carbocycles. The van der Waals surface area contributed by atoms with Gasteiger partial charge in [0.05, 0.1) is 18.3 Å². The first-order valence-corrected chi connectivity index (χ1v) is 11.4. The number of aliphatic hydroxyl groups is 1. The summed E-state index contributed by atoms with van der Waals surface area (Å²) in [5.41, 5.74) is 2.17. The maximum absolute atomic E-state index is 11.9. The normalized spacial score (nSPS) is 12.9. The molecule has 0 bridgehead atoms. The number of nitrogens with one attached hydrogen (secondary N) is 1. The first kappa shape index (κ1) is 27.6. The largest absolute Gasteiger partial charge is 0.504 e. The van der Waals surface area contributed by atoms with E-state index in [1.54, 1.807) is 18.2 Å². The van der Waals surface area contributed by atoms with Crippen molar-refractivity contribution in [2.45, 2.75) is 38.8 Å². The lowest BCUT2D eigenvalue weighted by Gasteiger charge is -2.17. The minimum absolute atomic E-state index is 0.128. The van der Waals surface area contributed by atoms with Gasteiger partial charge in [-0.05, 0) is 56.5 Å². The van der Waals surface area contributed by atoms with Crippen LogP contribution in [0.3, 0.4) is 0 Å². The molecule has 2 unspecified atom stereocenters. The Balaban J connectivity index is 0.000000920. The van der Waals surface area contributed by atoms with Crippen LogP contribution in [0.4, 0.5) is 0 Å². The molecule has 0 spiro atoms. The van der Waals surface area contributed by atoms with Crippen LogP contribution in [0, 0.1) is 6.92 Å². The number of ether oxygens (including phenoxy) is 1. The summed E-state index contributed by atoms with van der Waals surface area (Å²) in [5.74, 6) is -0.791. The molecular formula is C21H30NO9P. The molecule has 0 aliphatic heterocycles. The Hall–Kier alpha value is -2.46. The van der Waals surface area contributed by atoms with Gasteiger partial charge in [0.1, 0.15) is 0 Å². The van der Waals surface area contributed by atoms with Gasteiger partial charge >= 0.3 is 13.8 Å². The zero-order valence-corrected chi connectivity index (χ0v) is 18.8. The van der Waals surface area contributed by atoms with Crippen LogP contribution in [-0.4, -0.2) is 55.2 Å². The summed E-state index contributed by atoms with van der Waals surface area (Å²) >= 11 is 0. The van der Waals surface area contributed by atoms with Gasteiger partial charge in [0.25, 0.3) is 0 Å². The second kappa shape index (κ2) is 13.2. The van der Waals surface area contributed by atoms with Crippen LogP contribution in [0.25, 0.3) is 0 Å². The van der Waals surface area contributed by atoms with Crippen LogP contribution >= 0.6 is 7.82 Å². The number of carbonyl (C=O) groups is 1. The average Bonchev–Trinajstić information content (AvgIpc) is 2.70. The number of phosphoric acid groups is 1. The van der Waals surface area contributed by atoms with Crippen LogP contribution < -0.4 is 5.32 Å². The smallest absolute Gasteiger partial charge is 0.466 e. The fraction of sp³-hybridized carbons (Fsp3) is 0.381. The number of phenolic OH excluding ortho intramolecular Hbond substituents is 2. The highest BCUT2D eigenvalue weighted by atomic mass is 31.2. The van der Waals surface area contributed by atoms with E-state index in [4.69, 9.17) is 24.0 Å². The standard InChI is InChI=1S/C21H27NO5.H3O4P/c1-14-5-7-16(8-6-14)21(26)27-11-3-4-15(2)22-13-20(25)17-9-10-18(23)19(24)12-17;1-5(2,3)4/h5-10,12,15,20,22-25H,3-4,11,13H2,1-2H3;(H3,1,2,3,4). The van der Waals surface area contributed by atoms with Crippen molar-refractivity contribution in [2.75, 3.05) is 13.2 Å². The van der Waals surface area contributed by atoms with Crippen molar-refractivity contribution in [1.82, 2.24) is 5.32 Å². The zero-order chi connectivity index (χ0) is 24.3. The van der Waals surface area contributed by atoms with E-state index in [2.05, 4.69) is 5.32 Å². The number of aromatic hydroxyl groups is 2. The molecule has 0 aromatic heterocycles. The van der Waals surface area contributed by atoms with E-state index in [-0.39, 0.29) is 23.5 Å². The van der Waals surface area contributed by atoms with Crippen molar-refractivity contribution in [1.29, 1.82) is 0 Å². The maximum Gasteiger partial charge on any atom is 0.466 e. The summed E-state index contributed by atoms with van der Waals surface area (Å²) in [6, 6.07) is 11.6. The highest BCUT2D eigenvalue weighted by Gasteiger charge is 2.12. The van der Waals surface area contributed by atoms with Crippen LogP contribution in [0.1, 0.15) is 47.4 Å². The van der Waals surface area contributed by atoms with E-state index in [1.807, 2.05) is 26.0 Å². The lowest BCUT2D eigenvalue weighted by atomic mass is 10.1. The minimum Gasteiger partial charge on any atom is -0.504 e. The summed E-state index contributed by atoms with van der Waals surface area (Å²) < 4.78 is 14.2. The van der Waals surface area contributed by atoms with Gasteiger partial charge in [-0.3, -0.25) is 0 Å². The number of esters is 1. The second-order valence-corrected chi connectivity index (χ2v) is 8.26. The molecule has 2 rings (SSSR count). The van der Waals surface area contributed by atoms with Crippen molar-refractivity contribution in [3.63, 3.8) is 0 Å². The Labute approximate surface area is 186 Å². The molecular weight excluding hydrogens is 441 g/mol. The van der Waals surface area contributed by atoms with Gasteiger partial charge < -0.3 is 40.1 Å². The van der Waals surface area contributed by atoms with Crippen molar-refractivity contribution in [2.24, 2.45) is 0 Å². The lowest BCUT2D eigenvalue weighted by molar-refractivity contribution is 0.0495. The minimum atomic E-state index is -4.64. The Morgan fingerprint density at radius 2 is 1.66 bits per heavy atom. The van der Waals surface area contributed by atoms with E-state index >= 15 is 0 Å². The van der Waals surface area contributed by atoms with Gasteiger partial charge in [-0.25, -0.2) is 9.36 Å². The molecule has 0 amide bonds. The third-order valence-electron chi connectivity index (χ3n) is 4.35. The summed E-state index contributed by atoms with van der Waals surface area (Å²) in [7, 11) is -4.64. The quantitative estimate of drug-likeness (QED) is 0.124. The van der Waals surface area contributed by atoms with E-state index in [1.165, 1.54) is 12.1 Å². The molecule has 2 aromatic rings. The van der Waals surface area contributed by atoms with Gasteiger partial charge in [-0.2, -0.15) is 0 Å². The van der Waals surface area contributed by atoms with E-state index in [9.17, 15) is 20.1 Å². The molecule has 2 atom stereocenters. The number of benzene rings is 2. The van der Waals surface area contributed by atoms with E-state index in [0.717, 1.165) is 12.0 Å². The molecule has 0 saturated heterocycles. The van der Waals surface area contributed by atoms with Crippen molar-refractivity contribution < 1.29 is 44.1 Å². The molecule has 178 valence electrons.